The number of methoxy groups -OCH3 is 2. The third-order valence-electron chi connectivity index (χ3n) is 3.37. The van der Waals surface area contributed by atoms with E-state index in [-0.39, 0.29) is 0 Å². The van der Waals surface area contributed by atoms with Crippen LogP contribution in [0.4, 0.5) is 0 Å². The summed E-state index contributed by atoms with van der Waals surface area (Å²) < 4.78 is 10.2. The number of nitrogens with one attached hydrogen (secondary N) is 1. The van der Waals surface area contributed by atoms with Crippen LogP contribution in [-0.4, -0.2) is 40.5 Å². The zero-order chi connectivity index (χ0) is 14.6. The van der Waals surface area contributed by atoms with Crippen LogP contribution in [0.3, 0.4) is 0 Å². The van der Waals surface area contributed by atoms with Gasteiger partial charge in [0.15, 0.2) is 0 Å². The van der Waals surface area contributed by atoms with Gasteiger partial charge >= 0.3 is 0 Å². The SMILES string of the molecule is COCCCCC(CNCCOC)c1ccc(Cl)cc1. The molecule has 0 aliphatic carbocycles. The molecule has 3 nitrogen and oxygen atoms in total. The van der Waals surface area contributed by atoms with Gasteiger partial charge in [-0.15, -0.1) is 0 Å². The monoisotopic (exact) mass is 299 g/mol. The van der Waals surface area contributed by atoms with Crippen LogP contribution >= 0.6 is 11.6 Å². The highest BCUT2D eigenvalue weighted by atomic mass is 35.5. The van der Waals surface area contributed by atoms with Crippen molar-refractivity contribution in [2.45, 2.75) is 25.2 Å². The molecule has 1 unspecified atom stereocenters. The number of hydrogen-bond acceptors (Lipinski definition) is 3. The van der Waals surface area contributed by atoms with E-state index in [1.54, 1.807) is 14.2 Å². The molecule has 1 atom stereocenters. The fourth-order valence-electron chi connectivity index (χ4n) is 2.21. The molecule has 0 amide bonds. The molecule has 0 aliphatic heterocycles. The van der Waals surface area contributed by atoms with Gasteiger partial charge in [-0.3, -0.25) is 0 Å². The summed E-state index contributed by atoms with van der Waals surface area (Å²) >= 11 is 5.96. The minimum absolute atomic E-state index is 0.515. The number of ether oxygens (including phenoxy) is 2. The van der Waals surface area contributed by atoms with Crippen LogP contribution < -0.4 is 5.32 Å². The Labute approximate surface area is 127 Å². The van der Waals surface area contributed by atoms with Gasteiger partial charge in [-0.25, -0.2) is 0 Å². The zero-order valence-corrected chi connectivity index (χ0v) is 13.3. The van der Waals surface area contributed by atoms with Gasteiger partial charge < -0.3 is 14.8 Å². The van der Waals surface area contributed by atoms with E-state index < -0.39 is 0 Å². The summed E-state index contributed by atoms with van der Waals surface area (Å²) in [5.41, 5.74) is 1.34. The lowest BCUT2D eigenvalue weighted by Gasteiger charge is -2.18. The van der Waals surface area contributed by atoms with Crippen molar-refractivity contribution < 1.29 is 9.47 Å². The normalized spacial score (nSPS) is 12.6. The first kappa shape index (κ1) is 17.4. The molecule has 0 aliphatic rings. The lowest BCUT2D eigenvalue weighted by Crippen LogP contribution is -2.25. The molecule has 4 heteroatoms. The molecule has 1 rings (SSSR count). The molecule has 0 aromatic heterocycles. The fourth-order valence-corrected chi connectivity index (χ4v) is 2.34. The fraction of sp³-hybridized carbons (Fsp3) is 0.625. The van der Waals surface area contributed by atoms with Crippen molar-refractivity contribution in [3.05, 3.63) is 34.9 Å². The summed E-state index contributed by atoms with van der Waals surface area (Å²) in [6, 6.07) is 8.19. The zero-order valence-electron chi connectivity index (χ0n) is 12.5. The average Bonchev–Trinajstić information content (AvgIpc) is 2.47. The van der Waals surface area contributed by atoms with Crippen LogP contribution in [-0.2, 0) is 9.47 Å². The second kappa shape index (κ2) is 11.1. The third-order valence-corrected chi connectivity index (χ3v) is 3.62. The smallest absolute Gasteiger partial charge is 0.0587 e. The van der Waals surface area contributed by atoms with E-state index in [2.05, 4.69) is 17.4 Å². The topological polar surface area (TPSA) is 30.5 Å². The molecule has 1 N–H and O–H groups in total. The van der Waals surface area contributed by atoms with Gasteiger partial charge in [0, 0.05) is 38.9 Å². The molecule has 0 radical (unpaired) electrons. The molecular weight excluding hydrogens is 274 g/mol. The van der Waals surface area contributed by atoms with Gasteiger partial charge in [0.2, 0.25) is 0 Å². The quantitative estimate of drug-likeness (QED) is 0.635. The lowest BCUT2D eigenvalue weighted by molar-refractivity contribution is 0.190. The van der Waals surface area contributed by atoms with E-state index in [0.29, 0.717) is 5.92 Å². The minimum atomic E-state index is 0.515. The van der Waals surface area contributed by atoms with Crippen LogP contribution in [0.25, 0.3) is 0 Å². The van der Waals surface area contributed by atoms with Crippen molar-refractivity contribution in [3.63, 3.8) is 0 Å². The first-order valence-corrected chi connectivity index (χ1v) is 7.59. The second-order valence-corrected chi connectivity index (χ2v) is 5.37. The van der Waals surface area contributed by atoms with Crippen molar-refractivity contribution in [2.24, 2.45) is 0 Å². The summed E-state index contributed by atoms with van der Waals surface area (Å²) in [7, 11) is 3.48. The predicted molar refractivity (Wildman–Crippen MR) is 84.7 cm³/mol. The molecular formula is C16H26ClNO2. The van der Waals surface area contributed by atoms with Crippen LogP contribution in [0.15, 0.2) is 24.3 Å². The number of unbranched alkanes of at least 4 members (excludes halogenated alkanes) is 1. The Hall–Kier alpha value is -0.610. The highest BCUT2D eigenvalue weighted by Crippen LogP contribution is 2.23. The van der Waals surface area contributed by atoms with Crippen molar-refractivity contribution in [1.29, 1.82) is 0 Å². The van der Waals surface area contributed by atoms with E-state index in [4.69, 9.17) is 21.1 Å². The Kier molecular flexibility index (Phi) is 9.67. The molecule has 0 heterocycles. The number of benzene rings is 1. The average molecular weight is 300 g/mol. The van der Waals surface area contributed by atoms with E-state index >= 15 is 0 Å². The molecule has 0 bridgehead atoms. The molecule has 0 fully saturated rings. The third kappa shape index (κ3) is 7.25. The van der Waals surface area contributed by atoms with Crippen LogP contribution in [0.2, 0.25) is 5.02 Å². The van der Waals surface area contributed by atoms with E-state index in [9.17, 15) is 0 Å². The Morgan fingerprint density at radius 1 is 1.05 bits per heavy atom. The molecule has 0 saturated heterocycles. The van der Waals surface area contributed by atoms with E-state index in [0.717, 1.165) is 44.2 Å². The number of hydrogen-bond donors (Lipinski definition) is 1. The summed E-state index contributed by atoms with van der Waals surface area (Å²) in [5.74, 6) is 0.515. The standard InChI is InChI=1S/C16H26ClNO2/c1-19-11-4-3-5-15(13-18-10-12-20-2)14-6-8-16(17)9-7-14/h6-9,15,18H,3-5,10-13H2,1-2H3. The Balaban J connectivity index is 2.47. The molecule has 1 aromatic rings. The van der Waals surface area contributed by atoms with E-state index in [1.807, 2.05) is 12.1 Å². The Morgan fingerprint density at radius 3 is 2.40 bits per heavy atom. The van der Waals surface area contributed by atoms with Crippen molar-refractivity contribution in [3.8, 4) is 0 Å². The maximum Gasteiger partial charge on any atom is 0.0587 e. The van der Waals surface area contributed by atoms with Crippen molar-refractivity contribution >= 4 is 11.6 Å². The maximum absolute atomic E-state index is 5.96. The first-order chi connectivity index (χ1) is 9.77. The van der Waals surface area contributed by atoms with Crippen LogP contribution in [0.1, 0.15) is 30.7 Å². The summed E-state index contributed by atoms with van der Waals surface area (Å²) in [6.45, 7) is 3.44. The Bertz CT molecular complexity index is 331. The van der Waals surface area contributed by atoms with Crippen molar-refractivity contribution in [1.82, 2.24) is 5.32 Å². The molecule has 20 heavy (non-hydrogen) atoms. The van der Waals surface area contributed by atoms with Gasteiger partial charge in [-0.2, -0.15) is 0 Å². The maximum atomic E-state index is 5.96. The van der Waals surface area contributed by atoms with E-state index in [1.165, 1.54) is 12.0 Å². The van der Waals surface area contributed by atoms with Crippen LogP contribution in [0, 0.1) is 0 Å². The minimum Gasteiger partial charge on any atom is -0.385 e. The Morgan fingerprint density at radius 2 is 1.75 bits per heavy atom. The molecule has 0 saturated carbocycles. The molecule has 0 spiro atoms. The summed E-state index contributed by atoms with van der Waals surface area (Å²) in [4.78, 5) is 0. The largest absolute Gasteiger partial charge is 0.385 e. The highest BCUT2D eigenvalue weighted by molar-refractivity contribution is 6.30. The van der Waals surface area contributed by atoms with Gasteiger partial charge in [-0.05, 0) is 36.5 Å². The summed E-state index contributed by atoms with van der Waals surface area (Å²) in [6.07, 6.45) is 3.44. The number of halogens is 1. The van der Waals surface area contributed by atoms with Gasteiger partial charge in [0.1, 0.15) is 0 Å². The van der Waals surface area contributed by atoms with Gasteiger partial charge in [0.25, 0.3) is 0 Å². The van der Waals surface area contributed by atoms with Crippen molar-refractivity contribution in [2.75, 3.05) is 40.5 Å². The van der Waals surface area contributed by atoms with Gasteiger partial charge in [-0.1, -0.05) is 30.2 Å². The predicted octanol–water partition coefficient (Wildman–Crippen LogP) is 3.48. The lowest BCUT2D eigenvalue weighted by atomic mass is 9.93. The van der Waals surface area contributed by atoms with Crippen LogP contribution in [0.5, 0.6) is 0 Å². The molecule has 114 valence electrons. The number of rotatable bonds is 11. The second-order valence-electron chi connectivity index (χ2n) is 4.93. The first-order valence-electron chi connectivity index (χ1n) is 7.22. The summed E-state index contributed by atoms with van der Waals surface area (Å²) in [5, 5.41) is 4.24. The molecule has 1 aromatic carbocycles. The van der Waals surface area contributed by atoms with Gasteiger partial charge in [0.05, 0.1) is 6.61 Å². The highest BCUT2D eigenvalue weighted by Gasteiger charge is 2.11.